The molecule has 1 heterocycles. The van der Waals surface area contributed by atoms with Crippen LogP contribution in [0.5, 0.6) is 0 Å². The summed E-state index contributed by atoms with van der Waals surface area (Å²) >= 11 is 0. The van der Waals surface area contributed by atoms with Gasteiger partial charge in [-0.1, -0.05) is 12.2 Å². The number of alkyl halides is 3. The minimum Gasteiger partial charge on any atom is -0.296 e. The quantitative estimate of drug-likeness (QED) is 0.551. The zero-order chi connectivity index (χ0) is 14.2. The summed E-state index contributed by atoms with van der Waals surface area (Å²) in [7, 11) is -5.56. The fourth-order valence-electron chi connectivity index (χ4n) is 3.41. The molecule has 5 nitrogen and oxygen atoms in total. The number of hydrogen-bond donors (Lipinski definition) is 1. The molecule has 2 bridgehead atoms. The van der Waals surface area contributed by atoms with Crippen LogP contribution in [0.2, 0.25) is 0 Å². The van der Waals surface area contributed by atoms with Crippen LogP contribution in [-0.2, 0) is 19.4 Å². The number of amides is 2. The van der Waals surface area contributed by atoms with Gasteiger partial charge in [0.15, 0.2) is 0 Å². The lowest BCUT2D eigenvalue weighted by Crippen LogP contribution is -2.50. The summed E-state index contributed by atoms with van der Waals surface area (Å²) < 4.78 is 59.5. The lowest BCUT2D eigenvalue weighted by molar-refractivity contribution is -0.126. The minimum absolute atomic E-state index is 0.358. The Hall–Kier alpha value is -1.38. The van der Waals surface area contributed by atoms with E-state index in [1.807, 2.05) is 5.32 Å². The van der Waals surface area contributed by atoms with Gasteiger partial charge in [-0.25, -0.2) is 8.42 Å². The van der Waals surface area contributed by atoms with Crippen molar-refractivity contribution in [3.05, 3.63) is 12.2 Å². The Morgan fingerprint density at radius 3 is 2.47 bits per heavy atom. The third-order valence-corrected chi connectivity index (χ3v) is 6.33. The van der Waals surface area contributed by atoms with Crippen molar-refractivity contribution < 1.29 is 31.2 Å². The minimum atomic E-state index is -5.56. The van der Waals surface area contributed by atoms with Crippen molar-refractivity contribution in [1.82, 2.24) is 5.32 Å². The van der Waals surface area contributed by atoms with Gasteiger partial charge in [-0.15, -0.1) is 0 Å². The van der Waals surface area contributed by atoms with E-state index in [0.29, 0.717) is 0 Å². The summed E-state index contributed by atoms with van der Waals surface area (Å²) in [5.41, 5.74) is -5.45. The molecule has 1 N–H and O–H groups in total. The molecule has 0 spiro atoms. The zero-order valence-corrected chi connectivity index (χ0v) is 10.1. The van der Waals surface area contributed by atoms with Gasteiger partial charge in [-0.3, -0.25) is 14.9 Å². The molecule has 2 amide bonds. The van der Waals surface area contributed by atoms with E-state index in [0.717, 1.165) is 6.08 Å². The van der Waals surface area contributed by atoms with Crippen LogP contribution >= 0.6 is 0 Å². The zero-order valence-electron chi connectivity index (χ0n) is 9.27. The lowest BCUT2D eigenvalue weighted by atomic mass is 9.85. The van der Waals surface area contributed by atoms with Gasteiger partial charge in [0.25, 0.3) is 9.84 Å². The standard InChI is InChI=1S/C10H8F3NO4S/c11-10(12,13)19(17,18)9-2-1-4(3-9)5-6(9)8(16)14-7(5)15/h1-2,4-6H,3H2,(H,14,15,16). The molecule has 0 aromatic rings. The first kappa shape index (κ1) is 12.6. The van der Waals surface area contributed by atoms with Crippen molar-refractivity contribution in [2.45, 2.75) is 16.7 Å². The Labute approximate surface area is 105 Å². The second kappa shape index (κ2) is 3.20. The molecule has 0 aromatic heterocycles. The van der Waals surface area contributed by atoms with Crippen molar-refractivity contribution in [2.75, 3.05) is 0 Å². The van der Waals surface area contributed by atoms with Gasteiger partial charge in [0.05, 0.1) is 11.8 Å². The second-order valence-electron chi connectivity index (χ2n) is 4.99. The summed E-state index contributed by atoms with van der Waals surface area (Å²) in [5.74, 6) is -4.73. The number of carbonyl (C=O) groups is 2. The smallest absolute Gasteiger partial charge is 0.296 e. The molecule has 2 fully saturated rings. The highest BCUT2D eigenvalue weighted by Crippen LogP contribution is 2.59. The van der Waals surface area contributed by atoms with Gasteiger partial charge in [0.1, 0.15) is 4.75 Å². The Kier molecular flexibility index (Phi) is 2.13. The number of hydrogen-bond acceptors (Lipinski definition) is 4. The predicted molar refractivity (Wildman–Crippen MR) is 55.1 cm³/mol. The molecular formula is C10H8F3NO4S. The third kappa shape index (κ3) is 1.24. The average Bonchev–Trinajstić information content (AvgIpc) is 2.89. The molecule has 4 unspecified atom stereocenters. The van der Waals surface area contributed by atoms with E-state index < -0.39 is 49.7 Å². The topological polar surface area (TPSA) is 80.3 Å². The number of halogens is 3. The van der Waals surface area contributed by atoms with Gasteiger partial charge in [-0.05, 0) is 12.3 Å². The van der Waals surface area contributed by atoms with E-state index in [2.05, 4.69) is 0 Å². The van der Waals surface area contributed by atoms with Crippen molar-refractivity contribution in [1.29, 1.82) is 0 Å². The molecule has 0 aromatic carbocycles. The molecule has 1 saturated carbocycles. The van der Waals surface area contributed by atoms with Gasteiger partial charge in [0.2, 0.25) is 11.8 Å². The van der Waals surface area contributed by atoms with Gasteiger partial charge in [-0.2, -0.15) is 13.2 Å². The Morgan fingerprint density at radius 1 is 1.26 bits per heavy atom. The van der Waals surface area contributed by atoms with Crippen LogP contribution < -0.4 is 5.32 Å². The van der Waals surface area contributed by atoms with Crippen LogP contribution in [0.3, 0.4) is 0 Å². The maximum atomic E-state index is 12.8. The summed E-state index contributed by atoms with van der Waals surface area (Å²) in [5, 5.41) is 1.92. The molecule has 2 aliphatic carbocycles. The summed E-state index contributed by atoms with van der Waals surface area (Å²) in [4.78, 5) is 23.2. The van der Waals surface area contributed by atoms with Gasteiger partial charge >= 0.3 is 5.51 Å². The van der Waals surface area contributed by atoms with Crippen LogP contribution in [0.1, 0.15) is 6.42 Å². The number of fused-ring (bicyclic) bond motifs is 5. The monoisotopic (exact) mass is 295 g/mol. The first-order valence-corrected chi connectivity index (χ1v) is 6.95. The molecule has 1 saturated heterocycles. The first-order chi connectivity index (χ1) is 8.62. The molecule has 19 heavy (non-hydrogen) atoms. The van der Waals surface area contributed by atoms with Gasteiger partial charge < -0.3 is 0 Å². The van der Waals surface area contributed by atoms with Crippen molar-refractivity contribution >= 4 is 21.7 Å². The van der Waals surface area contributed by atoms with E-state index in [4.69, 9.17) is 0 Å². The van der Waals surface area contributed by atoms with Crippen LogP contribution in [-0.4, -0.2) is 30.5 Å². The number of imide groups is 1. The number of allylic oxidation sites excluding steroid dienone is 1. The molecule has 4 atom stereocenters. The Bertz CT molecular complexity index is 623. The fourth-order valence-corrected chi connectivity index (χ4v) is 5.10. The van der Waals surface area contributed by atoms with Gasteiger partial charge in [0, 0.05) is 0 Å². The molecule has 9 heteroatoms. The Morgan fingerprint density at radius 2 is 1.89 bits per heavy atom. The molecule has 0 radical (unpaired) electrons. The van der Waals surface area contributed by atoms with Crippen molar-refractivity contribution in [3.63, 3.8) is 0 Å². The van der Waals surface area contributed by atoms with E-state index >= 15 is 0 Å². The number of sulfone groups is 1. The average molecular weight is 295 g/mol. The SMILES string of the molecule is O=C1NC(=O)C2C1C1C=CC2(S(=O)(=O)C(F)(F)F)C1. The highest BCUT2D eigenvalue weighted by molar-refractivity contribution is 7.93. The summed E-state index contributed by atoms with van der Waals surface area (Å²) in [6, 6.07) is 0. The molecule has 104 valence electrons. The van der Waals surface area contributed by atoms with Crippen LogP contribution in [0.25, 0.3) is 0 Å². The Balaban J connectivity index is 2.19. The van der Waals surface area contributed by atoms with E-state index in [9.17, 15) is 31.2 Å². The molecule has 3 rings (SSSR count). The largest absolute Gasteiger partial charge is 0.498 e. The van der Waals surface area contributed by atoms with E-state index in [1.165, 1.54) is 6.08 Å². The van der Waals surface area contributed by atoms with Crippen molar-refractivity contribution in [3.8, 4) is 0 Å². The summed E-state index contributed by atoms with van der Waals surface area (Å²) in [6.45, 7) is 0. The highest BCUT2D eigenvalue weighted by Gasteiger charge is 2.73. The van der Waals surface area contributed by atoms with Crippen LogP contribution in [0, 0.1) is 17.8 Å². The van der Waals surface area contributed by atoms with E-state index in [1.54, 1.807) is 0 Å². The van der Waals surface area contributed by atoms with E-state index in [-0.39, 0.29) is 6.42 Å². The highest BCUT2D eigenvalue weighted by atomic mass is 32.2. The van der Waals surface area contributed by atoms with Crippen LogP contribution in [0.15, 0.2) is 12.2 Å². The molecule has 1 aliphatic heterocycles. The lowest BCUT2D eigenvalue weighted by Gasteiger charge is -2.30. The number of rotatable bonds is 1. The molecular weight excluding hydrogens is 287 g/mol. The third-order valence-electron chi connectivity index (χ3n) is 4.16. The number of carbonyl (C=O) groups excluding carboxylic acids is 2. The second-order valence-corrected chi connectivity index (χ2v) is 7.22. The van der Waals surface area contributed by atoms with Crippen molar-refractivity contribution in [2.24, 2.45) is 17.8 Å². The summed E-state index contributed by atoms with van der Waals surface area (Å²) in [6.07, 6.45) is 1.87. The first-order valence-electron chi connectivity index (χ1n) is 5.47. The van der Waals surface area contributed by atoms with Crippen LogP contribution in [0.4, 0.5) is 13.2 Å². The fraction of sp³-hybridized carbons (Fsp3) is 0.600. The maximum Gasteiger partial charge on any atom is 0.498 e. The normalized spacial score (nSPS) is 40.7. The predicted octanol–water partition coefficient (Wildman–Crippen LogP) is 0.138. The molecule has 3 aliphatic rings. The maximum absolute atomic E-state index is 12.8. The number of nitrogens with one attached hydrogen (secondary N) is 1.